The van der Waals surface area contributed by atoms with Crippen LogP contribution in [0.3, 0.4) is 0 Å². The van der Waals surface area contributed by atoms with Crippen molar-refractivity contribution in [1.29, 1.82) is 0 Å². The van der Waals surface area contributed by atoms with Crippen LogP contribution in [0.2, 0.25) is 0 Å². The van der Waals surface area contributed by atoms with Gasteiger partial charge in [-0.05, 0) is 12.1 Å². The summed E-state index contributed by atoms with van der Waals surface area (Å²) < 4.78 is 1.74. The van der Waals surface area contributed by atoms with Crippen molar-refractivity contribution in [2.75, 3.05) is 23.9 Å². The minimum atomic E-state index is 0.637. The van der Waals surface area contributed by atoms with Gasteiger partial charge in [-0.15, -0.1) is 0 Å². The highest BCUT2D eigenvalue weighted by molar-refractivity contribution is 5.95. The van der Waals surface area contributed by atoms with Crippen molar-refractivity contribution in [3.63, 3.8) is 0 Å². The van der Waals surface area contributed by atoms with E-state index in [0.29, 0.717) is 11.4 Å². The van der Waals surface area contributed by atoms with Crippen LogP contribution in [0, 0.1) is 0 Å². The van der Waals surface area contributed by atoms with E-state index in [1.807, 2.05) is 0 Å². The third-order valence-corrected chi connectivity index (χ3v) is 2.00. The van der Waals surface area contributed by atoms with Gasteiger partial charge in [0.05, 0.1) is 11.4 Å². The molecule has 0 fully saturated rings. The van der Waals surface area contributed by atoms with Gasteiger partial charge in [-0.3, -0.25) is 0 Å². The number of benzene rings is 1. The molecule has 0 aliphatic rings. The van der Waals surface area contributed by atoms with Crippen LogP contribution >= 0.6 is 0 Å². The van der Waals surface area contributed by atoms with Crippen molar-refractivity contribution in [1.82, 2.24) is 9.66 Å². The van der Waals surface area contributed by atoms with E-state index in [1.54, 1.807) is 30.2 Å². The SMILES string of the molecule is CNn1cnc2c(N)ccc(N)c21. The molecule has 1 aromatic heterocycles. The number of hydrogen-bond donors (Lipinski definition) is 3. The number of imidazole rings is 1. The molecule has 0 saturated heterocycles. The normalized spacial score (nSPS) is 10.5. The molecular formula is C8H11N5. The predicted molar refractivity (Wildman–Crippen MR) is 53.8 cm³/mol. The van der Waals surface area contributed by atoms with Crippen molar-refractivity contribution in [2.24, 2.45) is 0 Å². The van der Waals surface area contributed by atoms with Gasteiger partial charge in [0.15, 0.2) is 0 Å². The maximum absolute atomic E-state index is 5.79. The molecule has 1 heterocycles. The molecule has 5 nitrogen and oxygen atoms in total. The van der Waals surface area contributed by atoms with Crippen LogP contribution in [-0.2, 0) is 0 Å². The summed E-state index contributed by atoms with van der Waals surface area (Å²) >= 11 is 0. The van der Waals surface area contributed by atoms with Crippen LogP contribution in [0.5, 0.6) is 0 Å². The molecule has 5 N–H and O–H groups in total. The Hall–Kier alpha value is -1.91. The monoisotopic (exact) mass is 177 g/mol. The highest BCUT2D eigenvalue weighted by Gasteiger charge is 2.07. The second-order valence-corrected chi connectivity index (χ2v) is 2.78. The van der Waals surface area contributed by atoms with Crippen LogP contribution < -0.4 is 16.9 Å². The van der Waals surface area contributed by atoms with E-state index in [4.69, 9.17) is 11.5 Å². The first-order chi connectivity index (χ1) is 6.24. The minimum absolute atomic E-state index is 0.637. The summed E-state index contributed by atoms with van der Waals surface area (Å²) in [5.41, 5.74) is 17.3. The van der Waals surface area contributed by atoms with Gasteiger partial charge < -0.3 is 16.9 Å². The Morgan fingerprint density at radius 2 is 2.00 bits per heavy atom. The van der Waals surface area contributed by atoms with E-state index in [-0.39, 0.29) is 0 Å². The number of anilines is 2. The molecule has 5 heteroatoms. The Morgan fingerprint density at radius 1 is 1.31 bits per heavy atom. The number of nitrogens with two attached hydrogens (primary N) is 2. The molecule has 0 aliphatic heterocycles. The van der Waals surface area contributed by atoms with Crippen LogP contribution in [0.1, 0.15) is 0 Å². The Morgan fingerprint density at radius 3 is 2.69 bits per heavy atom. The van der Waals surface area contributed by atoms with Crippen LogP contribution in [0.25, 0.3) is 11.0 Å². The van der Waals surface area contributed by atoms with Gasteiger partial charge in [-0.1, -0.05) is 0 Å². The first kappa shape index (κ1) is 7.72. The van der Waals surface area contributed by atoms with Crippen molar-refractivity contribution in [2.45, 2.75) is 0 Å². The Kier molecular flexibility index (Phi) is 1.51. The Labute approximate surface area is 75.3 Å². The van der Waals surface area contributed by atoms with Gasteiger partial charge in [0.1, 0.15) is 17.4 Å². The average molecular weight is 177 g/mol. The van der Waals surface area contributed by atoms with E-state index in [0.717, 1.165) is 11.0 Å². The van der Waals surface area contributed by atoms with Crippen LogP contribution in [-0.4, -0.2) is 16.7 Å². The molecule has 2 aromatic rings. The molecule has 0 radical (unpaired) electrons. The van der Waals surface area contributed by atoms with Crippen molar-refractivity contribution < 1.29 is 0 Å². The first-order valence-corrected chi connectivity index (χ1v) is 3.93. The predicted octanol–water partition coefficient (Wildman–Crippen LogP) is 0.374. The molecule has 0 unspecified atom stereocenters. The highest BCUT2D eigenvalue weighted by atomic mass is 15.4. The zero-order chi connectivity index (χ0) is 9.42. The van der Waals surface area contributed by atoms with Crippen molar-refractivity contribution in [3.05, 3.63) is 18.5 Å². The Balaban J connectivity index is 2.87. The summed E-state index contributed by atoms with van der Waals surface area (Å²) in [4.78, 5) is 4.15. The number of aromatic nitrogens is 2. The lowest BCUT2D eigenvalue weighted by molar-refractivity contribution is 0.957. The number of nitrogen functional groups attached to an aromatic ring is 2. The third kappa shape index (κ3) is 0.970. The van der Waals surface area contributed by atoms with E-state index < -0.39 is 0 Å². The number of fused-ring (bicyclic) bond motifs is 1. The fourth-order valence-electron chi connectivity index (χ4n) is 1.34. The number of nitrogens with one attached hydrogen (secondary N) is 1. The van der Waals surface area contributed by atoms with E-state index in [2.05, 4.69) is 10.4 Å². The summed E-state index contributed by atoms with van der Waals surface area (Å²) in [6.45, 7) is 0. The lowest BCUT2D eigenvalue weighted by atomic mass is 10.2. The molecule has 68 valence electrons. The van der Waals surface area contributed by atoms with Crippen LogP contribution in [0.4, 0.5) is 11.4 Å². The standard InChI is InChI=1S/C8H11N5/c1-11-13-4-12-7-5(9)2-3-6(10)8(7)13/h2-4,11H,9-10H2,1H3. The molecule has 0 aliphatic carbocycles. The summed E-state index contributed by atoms with van der Waals surface area (Å²) in [6.07, 6.45) is 1.65. The average Bonchev–Trinajstić information content (AvgIpc) is 2.56. The summed E-state index contributed by atoms with van der Waals surface area (Å²) in [5, 5.41) is 0. The summed E-state index contributed by atoms with van der Waals surface area (Å²) in [6, 6.07) is 3.53. The summed E-state index contributed by atoms with van der Waals surface area (Å²) in [5.74, 6) is 0. The smallest absolute Gasteiger partial charge is 0.116 e. The lowest BCUT2D eigenvalue weighted by Crippen LogP contribution is -2.08. The minimum Gasteiger partial charge on any atom is -0.397 e. The molecule has 0 spiro atoms. The zero-order valence-corrected chi connectivity index (χ0v) is 7.28. The van der Waals surface area contributed by atoms with Gasteiger partial charge in [0, 0.05) is 7.05 Å². The maximum atomic E-state index is 5.79. The summed E-state index contributed by atoms with van der Waals surface area (Å²) in [7, 11) is 1.80. The van der Waals surface area contributed by atoms with E-state index in [1.165, 1.54) is 0 Å². The fraction of sp³-hybridized carbons (Fsp3) is 0.125. The topological polar surface area (TPSA) is 81.9 Å². The van der Waals surface area contributed by atoms with Gasteiger partial charge >= 0.3 is 0 Å². The molecule has 0 bridgehead atoms. The van der Waals surface area contributed by atoms with Gasteiger partial charge in [0.25, 0.3) is 0 Å². The highest BCUT2D eigenvalue weighted by Crippen LogP contribution is 2.24. The van der Waals surface area contributed by atoms with Gasteiger partial charge in [-0.25, -0.2) is 9.66 Å². The van der Waals surface area contributed by atoms with Gasteiger partial charge in [-0.2, -0.15) is 0 Å². The lowest BCUT2D eigenvalue weighted by Gasteiger charge is -2.04. The first-order valence-electron chi connectivity index (χ1n) is 3.93. The largest absolute Gasteiger partial charge is 0.397 e. The molecular weight excluding hydrogens is 166 g/mol. The molecule has 2 rings (SSSR count). The third-order valence-electron chi connectivity index (χ3n) is 2.00. The fourth-order valence-corrected chi connectivity index (χ4v) is 1.34. The molecule has 13 heavy (non-hydrogen) atoms. The quantitative estimate of drug-likeness (QED) is 0.550. The number of nitrogens with zero attached hydrogens (tertiary/aromatic N) is 2. The van der Waals surface area contributed by atoms with E-state index in [9.17, 15) is 0 Å². The Bertz CT molecular complexity index is 445. The molecule has 0 amide bonds. The second kappa shape index (κ2) is 2.55. The maximum Gasteiger partial charge on any atom is 0.116 e. The second-order valence-electron chi connectivity index (χ2n) is 2.78. The number of hydrogen-bond acceptors (Lipinski definition) is 4. The molecule has 0 saturated carbocycles. The van der Waals surface area contributed by atoms with Crippen LogP contribution in [0.15, 0.2) is 18.5 Å². The number of rotatable bonds is 1. The van der Waals surface area contributed by atoms with Gasteiger partial charge in [0.2, 0.25) is 0 Å². The van der Waals surface area contributed by atoms with Crippen molar-refractivity contribution >= 4 is 22.4 Å². The molecule has 0 atom stereocenters. The zero-order valence-electron chi connectivity index (χ0n) is 7.28. The van der Waals surface area contributed by atoms with Crippen molar-refractivity contribution in [3.8, 4) is 0 Å². The molecule has 1 aromatic carbocycles. The van der Waals surface area contributed by atoms with E-state index >= 15 is 0 Å².